The minimum Gasteiger partial charge on any atom is -0.496 e. The second-order valence-electron chi connectivity index (χ2n) is 5.48. The summed E-state index contributed by atoms with van der Waals surface area (Å²) in [7, 11) is 1.77. The third-order valence-electron chi connectivity index (χ3n) is 3.04. The number of halogens is 1. The highest BCUT2D eigenvalue weighted by Crippen LogP contribution is 2.38. The van der Waals surface area contributed by atoms with Crippen molar-refractivity contribution in [2.45, 2.75) is 50.4 Å². The van der Waals surface area contributed by atoms with Crippen LogP contribution in [0.4, 0.5) is 0 Å². The molecule has 0 aliphatic carbocycles. The molecule has 17 heavy (non-hydrogen) atoms. The fraction of sp³-hybridized carbons (Fsp3) is 0.600. The number of ether oxygens (including phenoxy) is 1. The van der Waals surface area contributed by atoms with E-state index in [2.05, 4.69) is 69.3 Å². The van der Waals surface area contributed by atoms with Gasteiger partial charge in [0.1, 0.15) is 5.75 Å². The number of methoxy groups -OCH3 is 1. The first-order chi connectivity index (χ1) is 7.81. The Morgan fingerprint density at radius 1 is 1.29 bits per heavy atom. The number of rotatable bonds is 3. The lowest BCUT2D eigenvalue weighted by atomic mass is 9.83. The molecule has 0 bridgehead atoms. The first-order valence-corrected chi connectivity index (χ1v) is 7.41. The number of hydrogen-bond acceptors (Lipinski definition) is 1. The molecule has 1 unspecified atom stereocenters. The van der Waals surface area contributed by atoms with Gasteiger partial charge in [-0.15, -0.1) is 0 Å². The Morgan fingerprint density at radius 3 is 2.24 bits per heavy atom. The van der Waals surface area contributed by atoms with E-state index in [1.165, 1.54) is 16.7 Å². The Bertz CT molecular complexity index is 389. The largest absolute Gasteiger partial charge is 0.496 e. The summed E-state index contributed by atoms with van der Waals surface area (Å²) >= 11 is 2.47. The molecule has 2 heteroatoms. The van der Waals surface area contributed by atoms with Crippen LogP contribution in [0.3, 0.4) is 0 Å². The van der Waals surface area contributed by atoms with Gasteiger partial charge in [-0.25, -0.2) is 0 Å². The molecule has 0 amide bonds. The predicted molar refractivity (Wildman–Crippen MR) is 83.5 cm³/mol. The Balaban J connectivity index is 3.48. The zero-order valence-electron chi connectivity index (χ0n) is 11.7. The van der Waals surface area contributed by atoms with Crippen molar-refractivity contribution in [1.29, 1.82) is 0 Å². The van der Waals surface area contributed by atoms with E-state index in [4.69, 9.17) is 4.74 Å². The van der Waals surface area contributed by atoms with Gasteiger partial charge >= 0.3 is 0 Å². The standard InChI is InChI=1S/C15H23IO/c1-7-11-8-12(10(2)16)9-13(14(11)17-6)15(3,4)5/h8-10H,7H2,1-6H3. The van der Waals surface area contributed by atoms with Gasteiger partial charge in [0, 0.05) is 9.49 Å². The lowest BCUT2D eigenvalue weighted by Crippen LogP contribution is -2.14. The molecule has 0 aliphatic rings. The van der Waals surface area contributed by atoms with Gasteiger partial charge in [-0.1, -0.05) is 62.4 Å². The van der Waals surface area contributed by atoms with Crippen molar-refractivity contribution in [3.63, 3.8) is 0 Å². The van der Waals surface area contributed by atoms with Crippen molar-refractivity contribution in [2.24, 2.45) is 0 Å². The second-order valence-corrected chi connectivity index (χ2v) is 7.35. The summed E-state index contributed by atoms with van der Waals surface area (Å²) in [5, 5.41) is 0. The molecule has 0 aliphatic heterocycles. The third-order valence-corrected chi connectivity index (χ3v) is 3.76. The monoisotopic (exact) mass is 346 g/mol. The zero-order chi connectivity index (χ0) is 13.2. The van der Waals surface area contributed by atoms with Gasteiger partial charge in [0.05, 0.1) is 7.11 Å². The fourth-order valence-corrected chi connectivity index (χ4v) is 2.36. The Labute approximate surface area is 119 Å². The summed E-state index contributed by atoms with van der Waals surface area (Å²) < 4.78 is 6.16. The van der Waals surface area contributed by atoms with Gasteiger partial charge < -0.3 is 4.74 Å². The lowest BCUT2D eigenvalue weighted by molar-refractivity contribution is 0.392. The number of aryl methyl sites for hydroxylation is 1. The maximum absolute atomic E-state index is 5.63. The van der Waals surface area contributed by atoms with E-state index in [0.29, 0.717) is 3.92 Å². The molecule has 0 N–H and O–H groups in total. The van der Waals surface area contributed by atoms with Crippen molar-refractivity contribution in [2.75, 3.05) is 7.11 Å². The van der Waals surface area contributed by atoms with Crippen LogP contribution < -0.4 is 4.74 Å². The lowest BCUT2D eigenvalue weighted by Gasteiger charge is -2.25. The van der Waals surface area contributed by atoms with Crippen LogP contribution in [0.15, 0.2) is 12.1 Å². The Hall–Kier alpha value is -0.250. The molecule has 1 atom stereocenters. The van der Waals surface area contributed by atoms with Crippen molar-refractivity contribution >= 4 is 22.6 Å². The highest BCUT2D eigenvalue weighted by atomic mass is 127. The van der Waals surface area contributed by atoms with Gasteiger partial charge in [-0.3, -0.25) is 0 Å². The van der Waals surface area contributed by atoms with Crippen LogP contribution in [-0.4, -0.2) is 7.11 Å². The Morgan fingerprint density at radius 2 is 1.88 bits per heavy atom. The summed E-state index contributed by atoms with van der Waals surface area (Å²) in [5.41, 5.74) is 4.15. The zero-order valence-corrected chi connectivity index (χ0v) is 13.9. The highest BCUT2D eigenvalue weighted by molar-refractivity contribution is 14.1. The molecule has 1 nitrogen and oxygen atoms in total. The van der Waals surface area contributed by atoms with Gasteiger partial charge in [0.2, 0.25) is 0 Å². The average Bonchev–Trinajstić information content (AvgIpc) is 2.25. The summed E-state index contributed by atoms with van der Waals surface area (Å²) in [4.78, 5) is 0. The van der Waals surface area contributed by atoms with Gasteiger partial charge in [-0.2, -0.15) is 0 Å². The van der Waals surface area contributed by atoms with Crippen molar-refractivity contribution in [3.8, 4) is 5.75 Å². The molecular weight excluding hydrogens is 323 g/mol. The fourth-order valence-electron chi connectivity index (χ4n) is 2.00. The summed E-state index contributed by atoms with van der Waals surface area (Å²) in [5.74, 6) is 1.07. The van der Waals surface area contributed by atoms with Crippen LogP contribution >= 0.6 is 22.6 Å². The summed E-state index contributed by atoms with van der Waals surface area (Å²) in [6.07, 6.45) is 1.02. The van der Waals surface area contributed by atoms with Crippen molar-refractivity contribution in [1.82, 2.24) is 0 Å². The molecule has 0 saturated heterocycles. The van der Waals surface area contributed by atoms with Crippen LogP contribution in [-0.2, 0) is 11.8 Å². The first kappa shape index (κ1) is 14.8. The molecule has 1 aromatic carbocycles. The quantitative estimate of drug-likeness (QED) is 0.550. The van der Waals surface area contributed by atoms with Gasteiger partial charge in [0.15, 0.2) is 0 Å². The normalized spacial score (nSPS) is 13.6. The smallest absolute Gasteiger partial charge is 0.125 e. The molecule has 0 spiro atoms. The maximum atomic E-state index is 5.63. The van der Waals surface area contributed by atoms with Gasteiger partial charge in [0.25, 0.3) is 0 Å². The number of benzene rings is 1. The van der Waals surface area contributed by atoms with Crippen LogP contribution in [0.1, 0.15) is 55.2 Å². The van der Waals surface area contributed by atoms with E-state index in [1.807, 2.05) is 0 Å². The minimum atomic E-state index is 0.122. The maximum Gasteiger partial charge on any atom is 0.125 e. The van der Waals surface area contributed by atoms with Crippen LogP contribution in [0, 0.1) is 0 Å². The topological polar surface area (TPSA) is 9.23 Å². The third kappa shape index (κ3) is 3.36. The molecule has 1 rings (SSSR count). The SMILES string of the molecule is CCc1cc(C(C)I)cc(C(C)(C)C)c1OC. The van der Waals surface area contributed by atoms with Crippen molar-refractivity contribution in [3.05, 3.63) is 28.8 Å². The average molecular weight is 346 g/mol. The molecule has 0 fully saturated rings. The molecule has 0 heterocycles. The molecular formula is C15H23IO. The molecule has 1 aromatic rings. The Kier molecular flexibility index (Phi) is 4.87. The van der Waals surface area contributed by atoms with E-state index in [-0.39, 0.29) is 5.41 Å². The molecule has 96 valence electrons. The van der Waals surface area contributed by atoms with E-state index in [9.17, 15) is 0 Å². The first-order valence-electron chi connectivity index (χ1n) is 6.16. The van der Waals surface area contributed by atoms with E-state index >= 15 is 0 Å². The molecule has 0 radical (unpaired) electrons. The van der Waals surface area contributed by atoms with Crippen LogP contribution in [0.5, 0.6) is 5.75 Å². The molecule has 0 saturated carbocycles. The van der Waals surface area contributed by atoms with Gasteiger partial charge in [-0.05, 0) is 29.9 Å². The van der Waals surface area contributed by atoms with Crippen LogP contribution in [0.25, 0.3) is 0 Å². The summed E-state index contributed by atoms with van der Waals surface area (Å²) in [6, 6.07) is 4.58. The molecule has 0 aromatic heterocycles. The number of alkyl halides is 1. The minimum absolute atomic E-state index is 0.122. The predicted octanol–water partition coefficient (Wildman–Crippen LogP) is 5.05. The van der Waals surface area contributed by atoms with E-state index in [0.717, 1.165) is 12.2 Å². The van der Waals surface area contributed by atoms with Crippen molar-refractivity contribution < 1.29 is 4.74 Å². The second kappa shape index (κ2) is 5.59. The number of hydrogen-bond donors (Lipinski definition) is 0. The van der Waals surface area contributed by atoms with E-state index in [1.54, 1.807) is 7.11 Å². The van der Waals surface area contributed by atoms with E-state index < -0.39 is 0 Å². The summed E-state index contributed by atoms with van der Waals surface area (Å²) in [6.45, 7) is 11.1. The van der Waals surface area contributed by atoms with Crippen LogP contribution in [0.2, 0.25) is 0 Å². The highest BCUT2D eigenvalue weighted by Gasteiger charge is 2.22.